The minimum atomic E-state index is 0.606. The molecule has 0 bridgehead atoms. The summed E-state index contributed by atoms with van der Waals surface area (Å²) < 4.78 is 0. The molecule has 0 aliphatic heterocycles. The minimum absolute atomic E-state index is 0.606. The molecule has 4 aromatic rings. The number of benzene rings is 2. The smallest absolute Gasteiger partial charge is 0.182 e. The maximum Gasteiger partial charge on any atom is 0.182 e. The number of rotatable bonds is 3. The molecule has 0 saturated carbocycles. The Hall–Kier alpha value is -3.40. The molecule has 0 fully saturated rings. The monoisotopic (exact) mass is 310 g/mol. The summed E-state index contributed by atoms with van der Waals surface area (Å²) in [5.41, 5.74) is 4.38. The van der Waals surface area contributed by atoms with E-state index in [1.807, 2.05) is 72.8 Å². The zero-order valence-electron chi connectivity index (χ0n) is 12.9. The van der Waals surface area contributed by atoms with Crippen LogP contribution in [0.4, 0.5) is 0 Å². The van der Waals surface area contributed by atoms with E-state index in [0.29, 0.717) is 5.82 Å². The largest absolute Gasteiger partial charge is 0.264 e. The number of hydrogen-bond acceptors (Lipinski definition) is 4. The molecule has 0 unspecified atom stereocenters. The molecule has 4 heteroatoms. The van der Waals surface area contributed by atoms with Gasteiger partial charge in [-0.1, -0.05) is 60.7 Å². The van der Waals surface area contributed by atoms with Gasteiger partial charge in [-0.25, -0.2) is 4.98 Å². The second-order valence-electron chi connectivity index (χ2n) is 5.31. The van der Waals surface area contributed by atoms with E-state index in [9.17, 15) is 0 Å². The SMILES string of the molecule is c1ccc(-c2nnc(-c3ccccc3)c(-c3cccnc3)n2)cc1. The average Bonchev–Trinajstić information content (AvgIpc) is 2.69. The van der Waals surface area contributed by atoms with Gasteiger partial charge in [0.25, 0.3) is 0 Å². The van der Waals surface area contributed by atoms with Crippen LogP contribution in [0.1, 0.15) is 0 Å². The lowest BCUT2D eigenvalue weighted by Gasteiger charge is -2.09. The molecule has 0 saturated heterocycles. The van der Waals surface area contributed by atoms with E-state index in [4.69, 9.17) is 4.98 Å². The summed E-state index contributed by atoms with van der Waals surface area (Å²) in [6.07, 6.45) is 3.55. The third-order valence-corrected chi connectivity index (χ3v) is 3.70. The normalized spacial score (nSPS) is 10.5. The highest BCUT2D eigenvalue weighted by Crippen LogP contribution is 2.29. The Labute approximate surface area is 139 Å². The van der Waals surface area contributed by atoms with Gasteiger partial charge in [-0.15, -0.1) is 10.2 Å². The molecule has 24 heavy (non-hydrogen) atoms. The standard InChI is InChI=1S/C20H14N4/c1-3-8-15(9-4-1)19-18(17-12-7-13-21-14-17)22-20(24-23-19)16-10-5-2-6-11-16/h1-14H. The highest BCUT2D eigenvalue weighted by molar-refractivity contribution is 5.78. The van der Waals surface area contributed by atoms with Crippen molar-refractivity contribution in [3.8, 4) is 33.9 Å². The average molecular weight is 310 g/mol. The van der Waals surface area contributed by atoms with Gasteiger partial charge < -0.3 is 0 Å². The van der Waals surface area contributed by atoms with Gasteiger partial charge in [-0.05, 0) is 12.1 Å². The van der Waals surface area contributed by atoms with Crippen molar-refractivity contribution in [3.05, 3.63) is 85.2 Å². The summed E-state index contributed by atoms with van der Waals surface area (Å²) in [4.78, 5) is 8.99. The van der Waals surface area contributed by atoms with Crippen LogP contribution in [0.3, 0.4) is 0 Å². The lowest BCUT2D eigenvalue weighted by molar-refractivity contribution is 0.991. The lowest BCUT2D eigenvalue weighted by atomic mass is 10.1. The number of nitrogens with zero attached hydrogens (tertiary/aromatic N) is 4. The highest BCUT2D eigenvalue weighted by Gasteiger charge is 2.14. The van der Waals surface area contributed by atoms with Crippen LogP contribution >= 0.6 is 0 Å². The molecule has 0 N–H and O–H groups in total. The summed E-state index contributed by atoms with van der Waals surface area (Å²) in [7, 11) is 0. The molecule has 0 aliphatic rings. The Morgan fingerprint density at radius 3 is 1.88 bits per heavy atom. The van der Waals surface area contributed by atoms with Crippen molar-refractivity contribution in [2.24, 2.45) is 0 Å². The van der Waals surface area contributed by atoms with Gasteiger partial charge in [0.1, 0.15) is 11.4 Å². The Morgan fingerprint density at radius 1 is 0.542 bits per heavy atom. The van der Waals surface area contributed by atoms with E-state index in [2.05, 4.69) is 15.2 Å². The van der Waals surface area contributed by atoms with Crippen LogP contribution in [-0.2, 0) is 0 Å². The van der Waals surface area contributed by atoms with E-state index in [0.717, 1.165) is 28.1 Å². The molecule has 2 aromatic carbocycles. The summed E-state index contributed by atoms with van der Waals surface area (Å²) >= 11 is 0. The van der Waals surface area contributed by atoms with Crippen molar-refractivity contribution in [3.63, 3.8) is 0 Å². The first-order valence-electron chi connectivity index (χ1n) is 7.68. The van der Waals surface area contributed by atoms with Gasteiger partial charge in [0.15, 0.2) is 5.82 Å². The van der Waals surface area contributed by atoms with E-state index in [-0.39, 0.29) is 0 Å². The summed E-state index contributed by atoms with van der Waals surface area (Å²) in [5, 5.41) is 8.79. The fourth-order valence-electron chi connectivity index (χ4n) is 2.53. The zero-order valence-corrected chi connectivity index (χ0v) is 12.9. The molecule has 0 radical (unpaired) electrons. The van der Waals surface area contributed by atoms with Crippen LogP contribution in [-0.4, -0.2) is 20.2 Å². The van der Waals surface area contributed by atoms with E-state index < -0.39 is 0 Å². The molecule has 4 nitrogen and oxygen atoms in total. The third-order valence-electron chi connectivity index (χ3n) is 3.70. The van der Waals surface area contributed by atoms with Crippen LogP contribution in [0.5, 0.6) is 0 Å². The molecule has 0 aliphatic carbocycles. The van der Waals surface area contributed by atoms with E-state index >= 15 is 0 Å². The molecule has 0 atom stereocenters. The molecule has 0 amide bonds. The van der Waals surface area contributed by atoms with Crippen molar-refractivity contribution < 1.29 is 0 Å². The van der Waals surface area contributed by atoms with Crippen molar-refractivity contribution in [1.29, 1.82) is 0 Å². The van der Waals surface area contributed by atoms with Crippen LogP contribution in [0.25, 0.3) is 33.9 Å². The fraction of sp³-hybridized carbons (Fsp3) is 0. The first kappa shape index (κ1) is 14.2. The molecular formula is C20H14N4. The Balaban J connectivity index is 1.92. The lowest BCUT2D eigenvalue weighted by Crippen LogP contribution is -2.00. The van der Waals surface area contributed by atoms with Crippen molar-refractivity contribution >= 4 is 0 Å². The molecule has 114 valence electrons. The quantitative estimate of drug-likeness (QED) is 0.567. The van der Waals surface area contributed by atoms with Crippen LogP contribution < -0.4 is 0 Å². The van der Waals surface area contributed by atoms with Gasteiger partial charge >= 0.3 is 0 Å². The maximum atomic E-state index is 4.78. The predicted octanol–water partition coefficient (Wildman–Crippen LogP) is 4.27. The van der Waals surface area contributed by atoms with Crippen LogP contribution in [0.15, 0.2) is 85.2 Å². The van der Waals surface area contributed by atoms with Crippen molar-refractivity contribution in [1.82, 2.24) is 20.2 Å². The van der Waals surface area contributed by atoms with Crippen molar-refractivity contribution in [2.75, 3.05) is 0 Å². The second kappa shape index (κ2) is 6.38. The number of aromatic nitrogens is 4. The summed E-state index contributed by atoms with van der Waals surface area (Å²) in [6.45, 7) is 0. The van der Waals surface area contributed by atoms with Crippen LogP contribution in [0, 0.1) is 0 Å². The Morgan fingerprint density at radius 2 is 1.21 bits per heavy atom. The molecule has 0 spiro atoms. The van der Waals surface area contributed by atoms with Gasteiger partial charge in [0.05, 0.1) is 0 Å². The maximum absolute atomic E-state index is 4.78. The highest BCUT2D eigenvalue weighted by atomic mass is 15.2. The Kier molecular flexibility index (Phi) is 3.78. The second-order valence-corrected chi connectivity index (χ2v) is 5.31. The summed E-state index contributed by atoms with van der Waals surface area (Å²) in [5.74, 6) is 0.606. The van der Waals surface area contributed by atoms with Gasteiger partial charge in [-0.2, -0.15) is 0 Å². The molecule has 4 rings (SSSR count). The number of pyridine rings is 1. The van der Waals surface area contributed by atoms with Crippen LogP contribution in [0.2, 0.25) is 0 Å². The first-order chi connectivity index (χ1) is 11.9. The zero-order chi connectivity index (χ0) is 16.2. The predicted molar refractivity (Wildman–Crippen MR) is 93.9 cm³/mol. The number of hydrogen-bond donors (Lipinski definition) is 0. The molecular weight excluding hydrogens is 296 g/mol. The van der Waals surface area contributed by atoms with E-state index in [1.165, 1.54) is 0 Å². The fourth-order valence-corrected chi connectivity index (χ4v) is 2.53. The minimum Gasteiger partial charge on any atom is -0.264 e. The van der Waals surface area contributed by atoms with Gasteiger partial charge in [0.2, 0.25) is 0 Å². The first-order valence-corrected chi connectivity index (χ1v) is 7.68. The Bertz CT molecular complexity index is 939. The summed E-state index contributed by atoms with van der Waals surface area (Å²) in [6, 6.07) is 23.7. The van der Waals surface area contributed by atoms with Crippen molar-refractivity contribution in [2.45, 2.75) is 0 Å². The third kappa shape index (κ3) is 2.77. The molecule has 2 heterocycles. The topological polar surface area (TPSA) is 51.6 Å². The molecule has 2 aromatic heterocycles. The van der Waals surface area contributed by atoms with Gasteiger partial charge in [0, 0.05) is 29.1 Å². The van der Waals surface area contributed by atoms with E-state index in [1.54, 1.807) is 12.4 Å². The van der Waals surface area contributed by atoms with Gasteiger partial charge in [-0.3, -0.25) is 4.98 Å².